The zero-order chi connectivity index (χ0) is 23.3. The van der Waals surface area contributed by atoms with Gasteiger partial charge in [-0.05, 0) is 80.0 Å². The molecule has 0 bridgehead atoms. The van der Waals surface area contributed by atoms with Gasteiger partial charge in [0.15, 0.2) is 0 Å². The summed E-state index contributed by atoms with van der Waals surface area (Å²) in [5.74, 6) is 0.662. The lowest BCUT2D eigenvalue weighted by Crippen LogP contribution is -2.29. The molecule has 6 heteroatoms. The van der Waals surface area contributed by atoms with Gasteiger partial charge in [0.25, 0.3) is 0 Å². The first-order chi connectivity index (χ1) is 16.2. The van der Waals surface area contributed by atoms with E-state index in [1.54, 1.807) is 12.1 Å². The number of ether oxygens (including phenoxy) is 1. The van der Waals surface area contributed by atoms with E-state index in [1.807, 2.05) is 0 Å². The SMILES string of the molecule is CCCCN(CCCC)CCCNCc1c(OCc2ccc(F)cc2)ccc2ccccc12.Cl.Cl. The number of unbranched alkanes of at least 4 members (excludes halogenated alkanes) is 2. The molecule has 0 saturated carbocycles. The van der Waals surface area contributed by atoms with E-state index in [-0.39, 0.29) is 30.6 Å². The Morgan fingerprint density at radius 1 is 0.800 bits per heavy atom. The van der Waals surface area contributed by atoms with Crippen molar-refractivity contribution in [2.45, 2.75) is 59.1 Å². The Morgan fingerprint density at radius 2 is 1.46 bits per heavy atom. The van der Waals surface area contributed by atoms with Gasteiger partial charge >= 0.3 is 0 Å². The summed E-state index contributed by atoms with van der Waals surface area (Å²) in [6.45, 7) is 10.3. The molecule has 0 heterocycles. The predicted molar refractivity (Wildman–Crippen MR) is 152 cm³/mol. The molecule has 0 aliphatic rings. The molecule has 0 aliphatic carbocycles. The molecule has 35 heavy (non-hydrogen) atoms. The molecule has 0 aliphatic heterocycles. The van der Waals surface area contributed by atoms with E-state index >= 15 is 0 Å². The van der Waals surface area contributed by atoms with Crippen molar-refractivity contribution >= 4 is 35.6 Å². The third kappa shape index (κ3) is 10.3. The zero-order valence-electron chi connectivity index (χ0n) is 21.1. The van der Waals surface area contributed by atoms with Gasteiger partial charge in [-0.2, -0.15) is 0 Å². The highest BCUT2D eigenvalue weighted by atomic mass is 35.5. The van der Waals surface area contributed by atoms with Crippen LogP contribution in [0.4, 0.5) is 4.39 Å². The fraction of sp³-hybridized carbons (Fsp3) is 0.448. The molecule has 0 spiro atoms. The molecule has 3 aromatic carbocycles. The van der Waals surface area contributed by atoms with E-state index in [0.29, 0.717) is 6.61 Å². The van der Waals surface area contributed by atoms with Crippen molar-refractivity contribution in [3.05, 3.63) is 77.6 Å². The predicted octanol–water partition coefficient (Wildman–Crippen LogP) is 7.78. The van der Waals surface area contributed by atoms with E-state index in [0.717, 1.165) is 37.4 Å². The first kappa shape index (κ1) is 31.2. The molecule has 3 nitrogen and oxygen atoms in total. The number of benzene rings is 3. The van der Waals surface area contributed by atoms with Crippen LogP contribution in [-0.2, 0) is 13.2 Å². The van der Waals surface area contributed by atoms with Crippen LogP contribution in [0.25, 0.3) is 10.8 Å². The van der Waals surface area contributed by atoms with Gasteiger partial charge in [0, 0.05) is 12.1 Å². The molecule has 0 fully saturated rings. The molecule has 194 valence electrons. The summed E-state index contributed by atoms with van der Waals surface area (Å²) >= 11 is 0. The minimum absolute atomic E-state index is 0. The van der Waals surface area contributed by atoms with Gasteiger partial charge in [0.05, 0.1) is 0 Å². The molecule has 0 unspecified atom stereocenters. The monoisotopic (exact) mass is 522 g/mol. The second-order valence-electron chi connectivity index (χ2n) is 8.76. The standard InChI is InChI=1S/C29H39FN2O.2ClH/c1-3-5-19-32(20-6-4-2)21-9-18-31-22-28-27-11-8-7-10-25(27)14-17-29(28)33-23-24-12-15-26(30)16-13-24;;/h7-8,10-17,31H,3-6,9,18-23H2,1-2H3;2*1H. The van der Waals surface area contributed by atoms with Gasteiger partial charge in [0.2, 0.25) is 0 Å². The smallest absolute Gasteiger partial charge is 0.124 e. The van der Waals surface area contributed by atoms with Gasteiger partial charge < -0.3 is 15.0 Å². The van der Waals surface area contributed by atoms with E-state index < -0.39 is 0 Å². The van der Waals surface area contributed by atoms with Crippen molar-refractivity contribution in [3.8, 4) is 5.75 Å². The number of fused-ring (bicyclic) bond motifs is 1. The van der Waals surface area contributed by atoms with Crippen LogP contribution in [0, 0.1) is 5.82 Å². The summed E-state index contributed by atoms with van der Waals surface area (Å²) in [5, 5.41) is 6.08. The Labute approximate surface area is 223 Å². The lowest BCUT2D eigenvalue weighted by molar-refractivity contribution is 0.260. The molecule has 0 atom stereocenters. The maximum absolute atomic E-state index is 13.2. The molecule has 0 aromatic heterocycles. The van der Waals surface area contributed by atoms with E-state index in [9.17, 15) is 4.39 Å². The summed E-state index contributed by atoms with van der Waals surface area (Å²) in [5.41, 5.74) is 2.15. The largest absolute Gasteiger partial charge is 0.489 e. The summed E-state index contributed by atoms with van der Waals surface area (Å²) in [7, 11) is 0. The molecular weight excluding hydrogens is 482 g/mol. The van der Waals surface area contributed by atoms with Crippen LogP contribution >= 0.6 is 24.8 Å². The molecule has 0 amide bonds. The first-order valence-electron chi connectivity index (χ1n) is 12.5. The van der Waals surface area contributed by atoms with Gasteiger partial charge in [-0.25, -0.2) is 4.39 Å². The summed E-state index contributed by atoms with van der Waals surface area (Å²) in [6, 6.07) is 19.1. The Morgan fingerprint density at radius 3 is 2.14 bits per heavy atom. The van der Waals surface area contributed by atoms with Gasteiger partial charge in [-0.15, -0.1) is 24.8 Å². The van der Waals surface area contributed by atoms with Crippen molar-refractivity contribution in [3.63, 3.8) is 0 Å². The maximum Gasteiger partial charge on any atom is 0.124 e. The number of halogens is 3. The third-order valence-corrected chi connectivity index (χ3v) is 6.09. The molecule has 3 rings (SSSR count). The third-order valence-electron chi connectivity index (χ3n) is 6.09. The molecule has 0 saturated heterocycles. The second-order valence-corrected chi connectivity index (χ2v) is 8.76. The van der Waals surface area contributed by atoms with Crippen LogP contribution in [0.15, 0.2) is 60.7 Å². The van der Waals surface area contributed by atoms with Crippen molar-refractivity contribution in [1.29, 1.82) is 0 Å². The lowest BCUT2D eigenvalue weighted by Gasteiger charge is -2.22. The quantitative estimate of drug-likeness (QED) is 0.206. The van der Waals surface area contributed by atoms with Crippen molar-refractivity contribution < 1.29 is 9.13 Å². The van der Waals surface area contributed by atoms with Gasteiger partial charge in [0.1, 0.15) is 18.2 Å². The molecule has 0 radical (unpaired) electrons. The van der Waals surface area contributed by atoms with Crippen LogP contribution in [-0.4, -0.2) is 31.1 Å². The van der Waals surface area contributed by atoms with Gasteiger partial charge in [-0.3, -0.25) is 0 Å². The minimum atomic E-state index is -0.225. The summed E-state index contributed by atoms with van der Waals surface area (Å²) < 4.78 is 19.4. The fourth-order valence-electron chi connectivity index (χ4n) is 4.12. The van der Waals surface area contributed by atoms with E-state index in [2.05, 4.69) is 60.5 Å². The Kier molecular flexibility index (Phi) is 15.6. The van der Waals surface area contributed by atoms with Crippen molar-refractivity contribution in [1.82, 2.24) is 10.2 Å². The van der Waals surface area contributed by atoms with Crippen LogP contribution in [0.2, 0.25) is 0 Å². The van der Waals surface area contributed by atoms with Crippen molar-refractivity contribution in [2.75, 3.05) is 26.2 Å². The van der Waals surface area contributed by atoms with Crippen molar-refractivity contribution in [2.24, 2.45) is 0 Å². The normalized spacial score (nSPS) is 10.7. The van der Waals surface area contributed by atoms with Crippen LogP contribution in [0.1, 0.15) is 57.1 Å². The average Bonchev–Trinajstić information content (AvgIpc) is 2.85. The van der Waals surface area contributed by atoms with E-state index in [4.69, 9.17) is 4.74 Å². The summed E-state index contributed by atoms with van der Waals surface area (Å²) in [4.78, 5) is 2.61. The zero-order valence-corrected chi connectivity index (χ0v) is 22.7. The number of nitrogens with zero attached hydrogens (tertiary/aromatic N) is 1. The molecule has 3 aromatic rings. The maximum atomic E-state index is 13.2. The second kappa shape index (κ2) is 17.6. The number of hydrogen-bond donors (Lipinski definition) is 1. The average molecular weight is 524 g/mol. The number of hydrogen-bond acceptors (Lipinski definition) is 3. The highest BCUT2D eigenvalue weighted by Crippen LogP contribution is 2.29. The fourth-order valence-corrected chi connectivity index (χ4v) is 4.12. The Bertz CT molecular complexity index is 961. The molecule has 1 N–H and O–H groups in total. The summed E-state index contributed by atoms with van der Waals surface area (Å²) in [6.07, 6.45) is 6.21. The van der Waals surface area contributed by atoms with Crippen LogP contribution in [0.3, 0.4) is 0 Å². The topological polar surface area (TPSA) is 24.5 Å². The Hall–Kier alpha value is -1.85. The minimum Gasteiger partial charge on any atom is -0.489 e. The van der Waals surface area contributed by atoms with Gasteiger partial charge in [-0.1, -0.05) is 69.2 Å². The Balaban J connectivity index is 0.00000306. The van der Waals surface area contributed by atoms with Crippen LogP contribution in [0.5, 0.6) is 5.75 Å². The first-order valence-corrected chi connectivity index (χ1v) is 12.5. The lowest BCUT2D eigenvalue weighted by atomic mass is 10.0. The van der Waals surface area contributed by atoms with Crippen LogP contribution < -0.4 is 10.1 Å². The number of rotatable bonds is 15. The highest BCUT2D eigenvalue weighted by Gasteiger charge is 2.10. The highest BCUT2D eigenvalue weighted by molar-refractivity contribution is 5.87. The van der Waals surface area contributed by atoms with E-state index in [1.165, 1.54) is 67.2 Å². The number of nitrogens with one attached hydrogen (secondary N) is 1. The molecular formula is C29H41Cl2FN2O.